The molecule has 1 aromatic heterocycles. The molecule has 33 heavy (non-hydrogen) atoms. The van der Waals surface area contributed by atoms with E-state index in [-0.39, 0.29) is 27.2 Å². The van der Waals surface area contributed by atoms with Crippen LogP contribution in [0, 0.1) is 0 Å². The first-order chi connectivity index (χ1) is 15.9. The molecule has 0 spiro atoms. The standard InChI is InChI=1S/C25H22ClN3O3S/c1-2-21(17-9-4-3-5-10-17)28-25(30)19-13-7-14-20(26)24(19)29-33(31,32)22-15-6-11-18-12-8-16-27-23(18)22/h3-16,21,29H,2H2,1H3,(H,28,30). The number of rotatable bonds is 7. The van der Waals surface area contributed by atoms with Gasteiger partial charge in [-0.2, -0.15) is 0 Å². The van der Waals surface area contributed by atoms with E-state index in [4.69, 9.17) is 11.6 Å². The molecule has 0 saturated heterocycles. The first-order valence-corrected chi connectivity index (χ1v) is 12.3. The Morgan fingerprint density at radius 2 is 1.70 bits per heavy atom. The van der Waals surface area contributed by atoms with Gasteiger partial charge in [-0.25, -0.2) is 8.42 Å². The van der Waals surface area contributed by atoms with Crippen molar-refractivity contribution in [3.05, 3.63) is 101 Å². The Balaban J connectivity index is 1.69. The van der Waals surface area contributed by atoms with E-state index >= 15 is 0 Å². The van der Waals surface area contributed by atoms with Crippen molar-refractivity contribution in [3.63, 3.8) is 0 Å². The Hall–Kier alpha value is -3.42. The minimum absolute atomic E-state index is 0.00241. The summed E-state index contributed by atoms with van der Waals surface area (Å²) in [6.07, 6.45) is 2.20. The minimum atomic E-state index is -4.08. The number of carbonyl (C=O) groups is 1. The Bertz CT molecular complexity index is 1400. The van der Waals surface area contributed by atoms with Gasteiger partial charge < -0.3 is 5.32 Å². The SMILES string of the molecule is CCC(NC(=O)c1cccc(Cl)c1NS(=O)(=O)c1cccc2cccnc12)c1ccccc1. The summed E-state index contributed by atoms with van der Waals surface area (Å²) in [6.45, 7) is 1.97. The predicted octanol–water partition coefficient (Wildman–Crippen LogP) is 5.57. The number of hydrogen-bond donors (Lipinski definition) is 2. The first-order valence-electron chi connectivity index (χ1n) is 10.4. The molecule has 0 aliphatic carbocycles. The molecule has 168 valence electrons. The van der Waals surface area contributed by atoms with E-state index in [1.807, 2.05) is 37.3 Å². The van der Waals surface area contributed by atoms with E-state index in [1.165, 1.54) is 24.4 Å². The highest BCUT2D eigenvalue weighted by atomic mass is 35.5. The summed E-state index contributed by atoms with van der Waals surface area (Å²) in [5.41, 5.74) is 1.45. The fraction of sp³-hybridized carbons (Fsp3) is 0.120. The molecule has 0 aliphatic rings. The van der Waals surface area contributed by atoms with Gasteiger partial charge >= 0.3 is 0 Å². The molecule has 8 heteroatoms. The second-order valence-corrected chi connectivity index (χ2v) is 9.50. The molecule has 6 nitrogen and oxygen atoms in total. The number of nitrogens with zero attached hydrogens (tertiary/aromatic N) is 1. The zero-order valence-corrected chi connectivity index (χ0v) is 19.4. The zero-order chi connectivity index (χ0) is 23.4. The third-order valence-electron chi connectivity index (χ3n) is 5.30. The third-order valence-corrected chi connectivity index (χ3v) is 6.99. The molecular formula is C25H22ClN3O3S. The number of carbonyl (C=O) groups excluding carboxylic acids is 1. The summed E-state index contributed by atoms with van der Waals surface area (Å²) in [5.74, 6) is -0.429. The van der Waals surface area contributed by atoms with Gasteiger partial charge in [0.05, 0.1) is 27.8 Å². The van der Waals surface area contributed by atoms with Crippen molar-refractivity contribution in [1.82, 2.24) is 10.3 Å². The fourth-order valence-corrected chi connectivity index (χ4v) is 5.20. The number of nitrogens with one attached hydrogen (secondary N) is 2. The van der Waals surface area contributed by atoms with Crippen molar-refractivity contribution >= 4 is 44.1 Å². The average molecular weight is 480 g/mol. The number of benzene rings is 3. The molecule has 0 fully saturated rings. The molecule has 0 saturated carbocycles. The average Bonchev–Trinajstić information content (AvgIpc) is 2.83. The molecular weight excluding hydrogens is 458 g/mol. The van der Waals surface area contributed by atoms with Gasteiger partial charge in [0.1, 0.15) is 4.90 Å². The van der Waals surface area contributed by atoms with Gasteiger partial charge in [-0.1, -0.05) is 73.1 Å². The third kappa shape index (κ3) is 4.84. The van der Waals surface area contributed by atoms with Gasteiger partial charge in [-0.15, -0.1) is 0 Å². The van der Waals surface area contributed by atoms with Crippen LogP contribution in [-0.4, -0.2) is 19.3 Å². The normalized spacial score (nSPS) is 12.3. The number of fused-ring (bicyclic) bond motifs is 1. The second kappa shape index (κ2) is 9.60. The molecule has 1 heterocycles. The molecule has 4 rings (SSSR count). The Labute approximate surface area is 197 Å². The Kier molecular flexibility index (Phi) is 6.62. The summed E-state index contributed by atoms with van der Waals surface area (Å²) >= 11 is 6.35. The number of amides is 1. The van der Waals surface area contributed by atoms with E-state index < -0.39 is 15.9 Å². The van der Waals surface area contributed by atoms with Gasteiger partial charge in [0.25, 0.3) is 15.9 Å². The summed E-state index contributed by atoms with van der Waals surface area (Å²) in [7, 11) is -4.08. The van der Waals surface area contributed by atoms with Crippen LogP contribution in [0.5, 0.6) is 0 Å². The number of halogens is 1. The van der Waals surface area contributed by atoms with Gasteiger partial charge in [-0.05, 0) is 36.2 Å². The fourth-order valence-electron chi connectivity index (χ4n) is 3.64. The van der Waals surface area contributed by atoms with Crippen LogP contribution in [0.4, 0.5) is 5.69 Å². The maximum Gasteiger partial charge on any atom is 0.264 e. The quantitative estimate of drug-likeness (QED) is 0.362. The number of para-hydroxylation sites is 2. The van der Waals surface area contributed by atoms with Crippen molar-refractivity contribution in [2.24, 2.45) is 0 Å². The molecule has 2 N–H and O–H groups in total. The Morgan fingerprint density at radius 3 is 2.45 bits per heavy atom. The van der Waals surface area contributed by atoms with Crippen molar-refractivity contribution in [1.29, 1.82) is 0 Å². The van der Waals surface area contributed by atoms with Crippen molar-refractivity contribution in [2.45, 2.75) is 24.3 Å². The van der Waals surface area contributed by atoms with Crippen molar-refractivity contribution < 1.29 is 13.2 Å². The lowest BCUT2D eigenvalue weighted by Gasteiger charge is -2.20. The van der Waals surface area contributed by atoms with E-state index in [1.54, 1.807) is 30.3 Å². The zero-order valence-electron chi connectivity index (χ0n) is 17.8. The van der Waals surface area contributed by atoms with Crippen LogP contribution in [0.15, 0.2) is 90.0 Å². The van der Waals surface area contributed by atoms with Gasteiger partial charge in [0, 0.05) is 11.6 Å². The molecule has 4 aromatic rings. The second-order valence-electron chi connectivity index (χ2n) is 7.44. The summed E-state index contributed by atoms with van der Waals surface area (Å²) in [6, 6.07) is 22.4. The van der Waals surface area contributed by atoms with Gasteiger partial charge in [0.15, 0.2) is 0 Å². The molecule has 0 radical (unpaired) electrons. The van der Waals surface area contributed by atoms with Gasteiger partial charge in [-0.3, -0.25) is 14.5 Å². The van der Waals surface area contributed by atoms with Crippen LogP contribution in [0.2, 0.25) is 5.02 Å². The highest BCUT2D eigenvalue weighted by molar-refractivity contribution is 7.93. The summed E-state index contributed by atoms with van der Waals surface area (Å²) < 4.78 is 29.1. The van der Waals surface area contributed by atoms with Crippen LogP contribution in [0.3, 0.4) is 0 Å². The number of anilines is 1. The number of aromatic nitrogens is 1. The highest BCUT2D eigenvalue weighted by Gasteiger charge is 2.24. The van der Waals surface area contributed by atoms with Crippen LogP contribution in [0.25, 0.3) is 10.9 Å². The maximum absolute atomic E-state index is 13.3. The van der Waals surface area contributed by atoms with Crippen LogP contribution in [-0.2, 0) is 10.0 Å². The summed E-state index contributed by atoms with van der Waals surface area (Å²) in [5, 5.41) is 3.78. The van der Waals surface area contributed by atoms with Crippen molar-refractivity contribution in [2.75, 3.05) is 4.72 Å². The van der Waals surface area contributed by atoms with Crippen LogP contribution in [0.1, 0.15) is 35.3 Å². The number of sulfonamides is 1. The number of pyridine rings is 1. The first kappa shape index (κ1) is 22.8. The van der Waals surface area contributed by atoms with E-state index in [0.29, 0.717) is 17.3 Å². The smallest absolute Gasteiger partial charge is 0.264 e. The van der Waals surface area contributed by atoms with E-state index in [9.17, 15) is 13.2 Å². The molecule has 1 amide bonds. The van der Waals surface area contributed by atoms with E-state index in [2.05, 4.69) is 15.0 Å². The Morgan fingerprint density at radius 1 is 0.970 bits per heavy atom. The lowest BCUT2D eigenvalue weighted by molar-refractivity contribution is 0.0936. The van der Waals surface area contributed by atoms with Gasteiger partial charge in [0.2, 0.25) is 0 Å². The highest BCUT2D eigenvalue weighted by Crippen LogP contribution is 2.31. The summed E-state index contributed by atoms with van der Waals surface area (Å²) in [4.78, 5) is 17.4. The van der Waals surface area contributed by atoms with E-state index in [0.717, 1.165) is 5.56 Å². The molecule has 0 aliphatic heterocycles. The monoisotopic (exact) mass is 479 g/mol. The predicted molar refractivity (Wildman–Crippen MR) is 131 cm³/mol. The molecule has 1 atom stereocenters. The van der Waals surface area contributed by atoms with Crippen molar-refractivity contribution in [3.8, 4) is 0 Å². The van der Waals surface area contributed by atoms with Crippen LogP contribution >= 0.6 is 11.6 Å². The topological polar surface area (TPSA) is 88.2 Å². The minimum Gasteiger partial charge on any atom is -0.345 e. The molecule has 3 aromatic carbocycles. The lowest BCUT2D eigenvalue weighted by Crippen LogP contribution is -2.29. The maximum atomic E-state index is 13.3. The largest absolute Gasteiger partial charge is 0.345 e. The molecule has 1 unspecified atom stereocenters. The molecule has 0 bridgehead atoms. The number of hydrogen-bond acceptors (Lipinski definition) is 4. The van der Waals surface area contributed by atoms with Crippen LogP contribution < -0.4 is 10.0 Å². The lowest BCUT2D eigenvalue weighted by atomic mass is 10.0.